The molecule has 0 unspecified atom stereocenters. The Kier molecular flexibility index (Phi) is 8.99. The molecule has 1 aliphatic rings. The predicted octanol–water partition coefficient (Wildman–Crippen LogP) is 1.16. The number of carbonyl (C=O) groups is 2. The maximum Gasteiger partial charge on any atom is 0.254 e. The average Bonchev–Trinajstić information content (AvgIpc) is 2.84. The Bertz CT molecular complexity index is 1070. The summed E-state index contributed by atoms with van der Waals surface area (Å²) in [5.41, 5.74) is 1.98. The van der Waals surface area contributed by atoms with Gasteiger partial charge in [-0.25, -0.2) is 13.1 Å². The summed E-state index contributed by atoms with van der Waals surface area (Å²) in [6, 6.07) is 13.1. The van der Waals surface area contributed by atoms with Gasteiger partial charge in [0.2, 0.25) is 15.9 Å². The lowest BCUT2D eigenvalue weighted by molar-refractivity contribution is -0.116. The highest BCUT2D eigenvalue weighted by Gasteiger charge is 2.18. The lowest BCUT2D eigenvalue weighted by Crippen LogP contribution is -2.36. The fraction of sp³-hybridized carbons (Fsp3) is 0.391. The number of hydrogen-bond donors (Lipinski definition) is 2. The number of methoxy groups -OCH3 is 1. The number of ether oxygens (including phenoxy) is 2. The van der Waals surface area contributed by atoms with Crippen LogP contribution in [0.3, 0.4) is 0 Å². The molecule has 0 saturated carbocycles. The molecule has 2 aromatic carbocycles. The van der Waals surface area contributed by atoms with Crippen molar-refractivity contribution in [2.24, 2.45) is 0 Å². The molecule has 3 rings (SSSR count). The lowest BCUT2D eigenvalue weighted by atomic mass is 10.2. The third-order valence-corrected chi connectivity index (χ3v) is 6.74. The van der Waals surface area contributed by atoms with E-state index in [-0.39, 0.29) is 36.1 Å². The lowest BCUT2D eigenvalue weighted by Gasteiger charge is -2.28. The highest BCUT2D eigenvalue weighted by Crippen LogP contribution is 2.19. The fourth-order valence-corrected chi connectivity index (χ4v) is 4.44. The molecule has 2 N–H and O–H groups in total. The van der Waals surface area contributed by atoms with E-state index in [9.17, 15) is 18.0 Å². The van der Waals surface area contributed by atoms with Gasteiger partial charge in [0.1, 0.15) is 0 Å². The quantitative estimate of drug-likeness (QED) is 0.480. The summed E-state index contributed by atoms with van der Waals surface area (Å²) >= 11 is 0. The fourth-order valence-electron chi connectivity index (χ4n) is 3.42. The first kappa shape index (κ1) is 25.6. The Morgan fingerprint density at radius 1 is 1.06 bits per heavy atom. The highest BCUT2D eigenvalue weighted by atomic mass is 32.2. The van der Waals surface area contributed by atoms with Crippen LogP contribution in [0, 0.1) is 0 Å². The van der Waals surface area contributed by atoms with Gasteiger partial charge in [-0.2, -0.15) is 0 Å². The molecule has 2 amide bonds. The molecule has 1 saturated heterocycles. The van der Waals surface area contributed by atoms with Gasteiger partial charge in [-0.1, -0.05) is 0 Å². The van der Waals surface area contributed by atoms with Crippen LogP contribution in [-0.2, 0) is 24.3 Å². The largest absolute Gasteiger partial charge is 0.383 e. The monoisotopic (exact) mass is 490 g/mol. The van der Waals surface area contributed by atoms with Crippen molar-refractivity contribution >= 4 is 33.2 Å². The summed E-state index contributed by atoms with van der Waals surface area (Å²) in [6.07, 6.45) is 0. The minimum Gasteiger partial charge on any atom is -0.383 e. The summed E-state index contributed by atoms with van der Waals surface area (Å²) in [6.45, 7) is 3.30. The molecule has 2 aromatic rings. The standard InChI is InChI=1S/C23H30N4O6S/c1-26(23(29)18-3-9-21(10-4-18)34(30,31)24-11-14-32-2)17-22(28)25-19-5-7-20(8-6-19)27-12-15-33-16-13-27/h3-10,24H,11-17H2,1-2H3,(H,25,28). The Hall–Kier alpha value is -2.99. The van der Waals surface area contributed by atoms with E-state index in [1.54, 1.807) is 0 Å². The second kappa shape index (κ2) is 11.9. The van der Waals surface area contributed by atoms with Crippen molar-refractivity contribution in [3.8, 4) is 0 Å². The van der Waals surface area contributed by atoms with Gasteiger partial charge in [0.15, 0.2) is 0 Å². The number of benzene rings is 2. The van der Waals surface area contributed by atoms with Gasteiger partial charge in [0.25, 0.3) is 5.91 Å². The van der Waals surface area contributed by atoms with Crippen molar-refractivity contribution < 1.29 is 27.5 Å². The number of sulfonamides is 1. The van der Waals surface area contributed by atoms with Crippen molar-refractivity contribution in [3.63, 3.8) is 0 Å². The average molecular weight is 491 g/mol. The van der Waals surface area contributed by atoms with E-state index >= 15 is 0 Å². The zero-order valence-corrected chi connectivity index (χ0v) is 20.1. The second-order valence-corrected chi connectivity index (χ2v) is 9.54. The van der Waals surface area contributed by atoms with Crippen molar-refractivity contribution in [1.29, 1.82) is 0 Å². The molecule has 0 bridgehead atoms. The molecule has 184 valence electrons. The Morgan fingerprint density at radius 3 is 2.32 bits per heavy atom. The SMILES string of the molecule is COCCNS(=O)(=O)c1ccc(C(=O)N(C)CC(=O)Nc2ccc(N3CCOCC3)cc2)cc1. The van der Waals surface area contributed by atoms with Crippen LogP contribution in [0.5, 0.6) is 0 Å². The van der Waals surface area contributed by atoms with Crippen LogP contribution < -0.4 is 14.9 Å². The molecule has 1 aliphatic heterocycles. The van der Waals surface area contributed by atoms with Crippen LogP contribution in [0.15, 0.2) is 53.4 Å². The zero-order chi connectivity index (χ0) is 24.6. The molecule has 10 nitrogen and oxygen atoms in total. The molecular formula is C23H30N4O6S. The Morgan fingerprint density at radius 2 is 1.71 bits per heavy atom. The Balaban J connectivity index is 1.53. The van der Waals surface area contributed by atoms with Crippen molar-refractivity contribution in [2.45, 2.75) is 4.90 Å². The summed E-state index contributed by atoms with van der Waals surface area (Å²) in [7, 11) is -0.693. The van der Waals surface area contributed by atoms with Crippen LogP contribution in [0.2, 0.25) is 0 Å². The number of rotatable bonds is 10. The molecule has 1 fully saturated rings. The first-order chi connectivity index (χ1) is 16.3. The van der Waals surface area contributed by atoms with Gasteiger partial charge in [-0.3, -0.25) is 9.59 Å². The van der Waals surface area contributed by atoms with Crippen molar-refractivity contribution in [1.82, 2.24) is 9.62 Å². The molecule has 0 aromatic heterocycles. The topological polar surface area (TPSA) is 117 Å². The van der Waals surface area contributed by atoms with Gasteiger partial charge in [0.05, 0.1) is 31.3 Å². The minimum atomic E-state index is -3.69. The first-order valence-corrected chi connectivity index (χ1v) is 12.4. The third kappa shape index (κ3) is 7.00. The minimum absolute atomic E-state index is 0.0427. The van der Waals surface area contributed by atoms with Crippen LogP contribution in [0.4, 0.5) is 11.4 Å². The van der Waals surface area contributed by atoms with E-state index in [1.807, 2.05) is 24.3 Å². The smallest absolute Gasteiger partial charge is 0.254 e. The molecule has 0 spiro atoms. The predicted molar refractivity (Wildman–Crippen MR) is 129 cm³/mol. The van der Waals surface area contributed by atoms with E-state index < -0.39 is 15.9 Å². The number of amides is 2. The van der Waals surface area contributed by atoms with E-state index in [2.05, 4.69) is 14.9 Å². The maximum atomic E-state index is 12.7. The summed E-state index contributed by atoms with van der Waals surface area (Å²) in [5, 5.41) is 2.79. The number of morpholine rings is 1. The van der Waals surface area contributed by atoms with E-state index in [0.29, 0.717) is 18.9 Å². The maximum absolute atomic E-state index is 12.7. The number of nitrogens with one attached hydrogen (secondary N) is 2. The van der Waals surface area contributed by atoms with Crippen LogP contribution in [0.25, 0.3) is 0 Å². The van der Waals surface area contributed by atoms with Gasteiger partial charge >= 0.3 is 0 Å². The molecular weight excluding hydrogens is 460 g/mol. The van der Waals surface area contributed by atoms with E-state index in [4.69, 9.17) is 9.47 Å². The van der Waals surface area contributed by atoms with Crippen LogP contribution in [-0.4, -0.2) is 85.3 Å². The van der Waals surface area contributed by atoms with Crippen LogP contribution >= 0.6 is 0 Å². The third-order valence-electron chi connectivity index (χ3n) is 5.26. The van der Waals surface area contributed by atoms with E-state index in [1.165, 1.54) is 43.3 Å². The number of hydrogen-bond acceptors (Lipinski definition) is 7. The molecule has 0 radical (unpaired) electrons. The zero-order valence-electron chi connectivity index (χ0n) is 19.3. The Labute approximate surface area is 199 Å². The summed E-state index contributed by atoms with van der Waals surface area (Å²) in [5.74, 6) is -0.731. The van der Waals surface area contributed by atoms with Gasteiger partial charge in [-0.05, 0) is 48.5 Å². The number of carbonyl (C=O) groups excluding carboxylic acids is 2. The van der Waals surface area contributed by atoms with Gasteiger partial charge in [0, 0.05) is 50.7 Å². The number of anilines is 2. The normalized spacial score (nSPS) is 14.0. The molecule has 0 atom stereocenters. The van der Waals surface area contributed by atoms with Crippen LogP contribution in [0.1, 0.15) is 10.4 Å². The van der Waals surface area contributed by atoms with Crippen molar-refractivity contribution in [3.05, 3.63) is 54.1 Å². The van der Waals surface area contributed by atoms with Crippen molar-refractivity contribution in [2.75, 3.05) is 70.4 Å². The van der Waals surface area contributed by atoms with Gasteiger partial charge in [-0.15, -0.1) is 0 Å². The highest BCUT2D eigenvalue weighted by molar-refractivity contribution is 7.89. The second-order valence-electron chi connectivity index (χ2n) is 7.77. The van der Waals surface area contributed by atoms with E-state index in [0.717, 1.165) is 18.8 Å². The van der Waals surface area contributed by atoms with Gasteiger partial charge < -0.3 is 24.6 Å². The number of likely N-dealkylation sites (N-methyl/N-ethyl adjacent to an activating group) is 1. The summed E-state index contributed by atoms with van der Waals surface area (Å²) in [4.78, 5) is 28.6. The molecule has 34 heavy (non-hydrogen) atoms. The summed E-state index contributed by atoms with van der Waals surface area (Å²) < 4.78 is 37.1. The molecule has 11 heteroatoms. The first-order valence-electron chi connectivity index (χ1n) is 10.9. The molecule has 0 aliphatic carbocycles. The number of nitrogens with zero attached hydrogens (tertiary/aromatic N) is 2. The molecule has 1 heterocycles.